The maximum Gasteiger partial charge on any atom is 0.161 e. The molecule has 0 saturated heterocycles. The van der Waals surface area contributed by atoms with Gasteiger partial charge in [0, 0.05) is 35.8 Å². The van der Waals surface area contributed by atoms with E-state index in [0.29, 0.717) is 19.7 Å². The van der Waals surface area contributed by atoms with Gasteiger partial charge in [0.25, 0.3) is 0 Å². The third-order valence-electron chi connectivity index (χ3n) is 6.44. The third-order valence-corrected chi connectivity index (χ3v) is 6.44. The van der Waals surface area contributed by atoms with Crippen LogP contribution in [0.3, 0.4) is 0 Å². The highest BCUT2D eigenvalue weighted by atomic mass is 16.5. The molecule has 0 spiro atoms. The van der Waals surface area contributed by atoms with Crippen LogP contribution >= 0.6 is 0 Å². The molecule has 0 aliphatic rings. The van der Waals surface area contributed by atoms with Gasteiger partial charge in [0.1, 0.15) is 18.5 Å². The molecular formula is C31H32N2O4. The monoisotopic (exact) mass is 496 g/mol. The average Bonchev–Trinajstić information content (AvgIpc) is 3.32. The first-order valence-corrected chi connectivity index (χ1v) is 12.6. The Bertz CT molecular complexity index is 1460. The van der Waals surface area contributed by atoms with Crippen LogP contribution < -0.4 is 19.5 Å². The molecule has 0 radical (unpaired) electrons. The van der Waals surface area contributed by atoms with E-state index in [0.717, 1.165) is 45.5 Å². The Hall–Kier alpha value is -4.00. The second kappa shape index (κ2) is 11.8. The Morgan fingerprint density at radius 2 is 1.46 bits per heavy atom. The fourth-order valence-electron chi connectivity index (χ4n) is 4.59. The molecule has 0 aliphatic heterocycles. The Morgan fingerprint density at radius 3 is 2.32 bits per heavy atom. The minimum absolute atomic E-state index is 0.208. The van der Waals surface area contributed by atoms with Gasteiger partial charge in [0.15, 0.2) is 11.5 Å². The van der Waals surface area contributed by atoms with Crippen molar-refractivity contribution in [1.82, 2.24) is 10.3 Å². The van der Waals surface area contributed by atoms with Crippen LogP contribution in [0.4, 0.5) is 0 Å². The van der Waals surface area contributed by atoms with Crippen molar-refractivity contribution in [2.24, 2.45) is 0 Å². The molecule has 3 N–H and O–H groups in total. The van der Waals surface area contributed by atoms with Gasteiger partial charge in [-0.05, 0) is 41.5 Å². The van der Waals surface area contributed by atoms with E-state index >= 15 is 0 Å². The van der Waals surface area contributed by atoms with E-state index in [1.54, 1.807) is 7.11 Å². The second-order valence-electron chi connectivity index (χ2n) is 8.96. The highest BCUT2D eigenvalue weighted by Crippen LogP contribution is 2.33. The molecule has 1 heterocycles. The van der Waals surface area contributed by atoms with Gasteiger partial charge in [-0.25, -0.2) is 0 Å². The van der Waals surface area contributed by atoms with Crippen molar-refractivity contribution in [3.05, 3.63) is 102 Å². The number of fused-ring (bicyclic) bond motifs is 3. The summed E-state index contributed by atoms with van der Waals surface area (Å²) >= 11 is 0. The topological polar surface area (TPSA) is 75.7 Å². The van der Waals surface area contributed by atoms with Gasteiger partial charge in [-0.3, -0.25) is 0 Å². The number of aromatic nitrogens is 1. The molecule has 0 amide bonds. The van der Waals surface area contributed by atoms with Gasteiger partial charge in [0.05, 0.1) is 19.2 Å². The van der Waals surface area contributed by atoms with Crippen LogP contribution in [0.15, 0.2) is 91.0 Å². The zero-order valence-electron chi connectivity index (χ0n) is 20.9. The van der Waals surface area contributed by atoms with Crippen LogP contribution in [-0.4, -0.2) is 43.1 Å². The van der Waals surface area contributed by atoms with E-state index in [4.69, 9.17) is 14.2 Å². The van der Waals surface area contributed by atoms with Crippen LogP contribution in [0.5, 0.6) is 17.2 Å². The van der Waals surface area contributed by atoms with Crippen molar-refractivity contribution >= 4 is 21.8 Å². The summed E-state index contributed by atoms with van der Waals surface area (Å²) in [5, 5.41) is 16.1. The maximum absolute atomic E-state index is 10.6. The fraction of sp³-hybridized carbons (Fsp3) is 0.226. The number of aliphatic hydroxyl groups is 1. The number of nitrogens with one attached hydrogen (secondary N) is 2. The molecule has 190 valence electrons. The maximum atomic E-state index is 10.6. The molecule has 0 fully saturated rings. The number of ether oxygens (including phenoxy) is 3. The standard InChI is InChI=1S/C31H32N2O4/c1-35-28-14-6-7-15-29(28)36-18-17-22-9-2-3-10-23(22)19-32-20-24(34)21-37-30-16-8-13-27-31(30)25-11-4-5-12-26(25)33-27/h2-16,24,32-34H,17-21H2,1H3. The van der Waals surface area contributed by atoms with Gasteiger partial charge in [-0.2, -0.15) is 0 Å². The normalized spacial score (nSPS) is 12.1. The molecule has 0 aliphatic carbocycles. The summed E-state index contributed by atoms with van der Waals surface area (Å²) in [6, 6.07) is 30.1. The highest BCUT2D eigenvalue weighted by Gasteiger charge is 2.12. The first-order chi connectivity index (χ1) is 18.2. The largest absolute Gasteiger partial charge is 0.493 e. The minimum atomic E-state index is -0.637. The molecule has 0 bridgehead atoms. The second-order valence-corrected chi connectivity index (χ2v) is 8.96. The van der Waals surface area contributed by atoms with E-state index in [2.05, 4.69) is 34.6 Å². The van der Waals surface area contributed by atoms with Crippen LogP contribution in [0, 0.1) is 0 Å². The molecule has 6 heteroatoms. The molecule has 1 atom stereocenters. The predicted octanol–water partition coefficient (Wildman–Crippen LogP) is 5.48. The summed E-state index contributed by atoms with van der Waals surface area (Å²) in [5.41, 5.74) is 4.49. The number of hydrogen-bond donors (Lipinski definition) is 3. The molecule has 0 saturated carbocycles. The number of aliphatic hydroxyl groups excluding tert-OH is 1. The van der Waals surface area contributed by atoms with Crippen molar-refractivity contribution in [2.75, 3.05) is 26.9 Å². The summed E-state index contributed by atoms with van der Waals surface area (Å²) < 4.78 is 17.4. The molecule has 5 rings (SSSR count). The van der Waals surface area contributed by atoms with E-state index in [1.165, 1.54) is 11.1 Å². The highest BCUT2D eigenvalue weighted by molar-refractivity contribution is 6.10. The number of aromatic amines is 1. The van der Waals surface area contributed by atoms with Gasteiger partial charge in [-0.1, -0.05) is 60.7 Å². The Balaban J connectivity index is 1.13. The van der Waals surface area contributed by atoms with Gasteiger partial charge < -0.3 is 29.6 Å². The summed E-state index contributed by atoms with van der Waals surface area (Å²) in [4.78, 5) is 3.42. The van der Waals surface area contributed by atoms with E-state index in [9.17, 15) is 5.11 Å². The Labute approximate surface area is 216 Å². The van der Waals surface area contributed by atoms with Crippen molar-refractivity contribution in [3.8, 4) is 17.2 Å². The molecule has 1 aromatic heterocycles. The Morgan fingerprint density at radius 1 is 0.757 bits per heavy atom. The lowest BCUT2D eigenvalue weighted by Crippen LogP contribution is -2.31. The lowest BCUT2D eigenvalue weighted by molar-refractivity contribution is 0.107. The zero-order valence-corrected chi connectivity index (χ0v) is 20.9. The summed E-state index contributed by atoms with van der Waals surface area (Å²) in [6.45, 7) is 1.84. The number of benzene rings is 4. The van der Waals surface area contributed by atoms with Crippen molar-refractivity contribution in [2.45, 2.75) is 19.1 Å². The van der Waals surface area contributed by atoms with Gasteiger partial charge in [-0.15, -0.1) is 0 Å². The first-order valence-electron chi connectivity index (χ1n) is 12.6. The number of methoxy groups -OCH3 is 1. The molecule has 1 unspecified atom stereocenters. The number of para-hydroxylation sites is 3. The van der Waals surface area contributed by atoms with Crippen molar-refractivity contribution < 1.29 is 19.3 Å². The average molecular weight is 497 g/mol. The molecule has 5 aromatic rings. The minimum Gasteiger partial charge on any atom is -0.493 e. The summed E-state index contributed by atoms with van der Waals surface area (Å²) in [6.07, 6.45) is 0.137. The van der Waals surface area contributed by atoms with Crippen LogP contribution in [0.1, 0.15) is 11.1 Å². The SMILES string of the molecule is COc1ccccc1OCCc1ccccc1CNCC(O)COc1cccc2[nH]c3ccccc3c12. The molecular weight excluding hydrogens is 464 g/mol. The molecule has 4 aromatic carbocycles. The Kier molecular flexibility index (Phi) is 7.89. The van der Waals surface area contributed by atoms with E-state index in [-0.39, 0.29) is 6.61 Å². The van der Waals surface area contributed by atoms with Crippen molar-refractivity contribution in [1.29, 1.82) is 0 Å². The third kappa shape index (κ3) is 5.88. The first kappa shape index (κ1) is 24.7. The lowest BCUT2D eigenvalue weighted by Gasteiger charge is -2.16. The van der Waals surface area contributed by atoms with Gasteiger partial charge in [0.2, 0.25) is 0 Å². The molecule has 6 nitrogen and oxygen atoms in total. The van der Waals surface area contributed by atoms with E-state index < -0.39 is 6.10 Å². The van der Waals surface area contributed by atoms with Crippen LogP contribution in [-0.2, 0) is 13.0 Å². The zero-order chi connectivity index (χ0) is 25.5. The molecule has 37 heavy (non-hydrogen) atoms. The van der Waals surface area contributed by atoms with Crippen molar-refractivity contribution in [3.63, 3.8) is 0 Å². The number of rotatable bonds is 12. The predicted molar refractivity (Wildman–Crippen MR) is 148 cm³/mol. The van der Waals surface area contributed by atoms with E-state index in [1.807, 2.05) is 66.7 Å². The summed E-state index contributed by atoms with van der Waals surface area (Å²) in [5.74, 6) is 2.25. The smallest absolute Gasteiger partial charge is 0.161 e. The fourth-order valence-corrected chi connectivity index (χ4v) is 4.59. The number of H-pyrrole nitrogens is 1. The summed E-state index contributed by atoms with van der Waals surface area (Å²) in [7, 11) is 1.64. The van der Waals surface area contributed by atoms with Gasteiger partial charge >= 0.3 is 0 Å². The quantitative estimate of drug-likeness (QED) is 0.213. The lowest BCUT2D eigenvalue weighted by atomic mass is 10.0. The van der Waals surface area contributed by atoms with Crippen LogP contribution in [0.25, 0.3) is 21.8 Å². The number of hydrogen-bond acceptors (Lipinski definition) is 5. The van der Waals surface area contributed by atoms with Crippen LogP contribution in [0.2, 0.25) is 0 Å².